The van der Waals surface area contributed by atoms with Crippen LogP contribution in [0.25, 0.3) is 0 Å². The van der Waals surface area contributed by atoms with E-state index in [-0.39, 0.29) is 26.2 Å². The Morgan fingerprint density at radius 3 is 1.96 bits per heavy atom. The van der Waals surface area contributed by atoms with Gasteiger partial charge in [-0.3, -0.25) is 19.3 Å². The minimum Gasteiger partial charge on any atom is -0.467 e. The molecule has 2 aliphatic rings. The van der Waals surface area contributed by atoms with Gasteiger partial charge < -0.3 is 18.9 Å². The van der Waals surface area contributed by atoms with Crippen molar-refractivity contribution in [2.75, 3.05) is 26.9 Å². The summed E-state index contributed by atoms with van der Waals surface area (Å²) in [4.78, 5) is 60.0. The monoisotopic (exact) mass is 403 g/mol. The molecule has 0 bridgehead atoms. The maximum Gasteiger partial charge on any atom is 0.338 e. The van der Waals surface area contributed by atoms with Crippen LogP contribution in [0.4, 0.5) is 0 Å². The average molecular weight is 403 g/mol. The van der Waals surface area contributed by atoms with E-state index in [1.54, 1.807) is 20.8 Å². The fourth-order valence-corrected chi connectivity index (χ4v) is 3.33. The summed E-state index contributed by atoms with van der Waals surface area (Å²) in [6.45, 7) is 5.20. The van der Waals surface area contributed by atoms with E-state index in [9.17, 15) is 19.2 Å². The second-order valence-electron chi connectivity index (χ2n) is 6.05. The van der Waals surface area contributed by atoms with Crippen molar-refractivity contribution in [1.29, 1.82) is 0 Å². The number of ether oxygens (including phenoxy) is 4. The lowest BCUT2D eigenvalue weighted by molar-refractivity contribution is -0.350. The van der Waals surface area contributed by atoms with Crippen LogP contribution in [0.3, 0.4) is 0 Å². The zero-order valence-corrected chi connectivity index (χ0v) is 16.2. The summed E-state index contributed by atoms with van der Waals surface area (Å²) >= 11 is 0. The molecule has 0 aromatic rings. The van der Waals surface area contributed by atoms with Gasteiger partial charge in [0, 0.05) is 5.92 Å². The zero-order chi connectivity index (χ0) is 20.8. The van der Waals surface area contributed by atoms with Crippen LogP contribution >= 0.6 is 0 Å². The molecule has 2 fully saturated rings. The van der Waals surface area contributed by atoms with Gasteiger partial charge in [0.1, 0.15) is 5.92 Å². The molecule has 0 N–H and O–H groups in total. The topological polar surface area (TPSA) is 127 Å². The van der Waals surface area contributed by atoms with E-state index >= 15 is 0 Å². The van der Waals surface area contributed by atoms with Crippen molar-refractivity contribution in [3.05, 3.63) is 0 Å². The molecule has 2 heterocycles. The molecule has 0 aromatic heterocycles. The number of methoxy groups -OCH3 is 1. The van der Waals surface area contributed by atoms with Crippen LogP contribution in [-0.2, 0) is 47.8 Å². The van der Waals surface area contributed by atoms with Crippen LogP contribution in [0.5, 0.6) is 0 Å². The van der Waals surface area contributed by atoms with Gasteiger partial charge in [0.15, 0.2) is 12.2 Å². The first-order valence-corrected chi connectivity index (χ1v) is 9.08. The van der Waals surface area contributed by atoms with Gasteiger partial charge in [-0.1, -0.05) is 5.23 Å². The number of hydrogen-bond donors (Lipinski definition) is 0. The number of hydroxylamine groups is 2. The van der Waals surface area contributed by atoms with Gasteiger partial charge in [-0.15, -0.1) is 0 Å². The summed E-state index contributed by atoms with van der Waals surface area (Å²) in [6, 6.07) is -0.943. The third-order valence-electron chi connectivity index (χ3n) is 4.42. The molecule has 0 aromatic carbocycles. The Balaban J connectivity index is 2.36. The zero-order valence-electron chi connectivity index (χ0n) is 16.2. The van der Waals surface area contributed by atoms with Crippen LogP contribution in [0, 0.1) is 11.8 Å². The van der Waals surface area contributed by atoms with Gasteiger partial charge in [-0.2, -0.15) is 0 Å². The fraction of sp³-hybridized carbons (Fsp3) is 0.765. The molecule has 5 atom stereocenters. The summed E-state index contributed by atoms with van der Waals surface area (Å²) in [5, 5.41) is 0.897. The molecular formula is C17H25NO10. The highest BCUT2D eigenvalue weighted by Gasteiger charge is 2.63. The molecule has 0 saturated carbocycles. The summed E-state index contributed by atoms with van der Waals surface area (Å²) in [6.07, 6.45) is -2.78. The molecule has 0 amide bonds. The molecule has 28 heavy (non-hydrogen) atoms. The maximum absolute atomic E-state index is 12.6. The Morgan fingerprint density at radius 1 is 0.821 bits per heavy atom. The van der Waals surface area contributed by atoms with Gasteiger partial charge in [0.05, 0.1) is 39.4 Å². The largest absolute Gasteiger partial charge is 0.467 e. The number of esters is 4. The Hall–Kier alpha value is -2.24. The smallest absolute Gasteiger partial charge is 0.338 e. The first kappa shape index (κ1) is 22.1. The summed E-state index contributed by atoms with van der Waals surface area (Å²) in [5.41, 5.74) is 0. The number of nitrogens with zero attached hydrogens (tertiary/aromatic N) is 1. The molecule has 11 nitrogen and oxygen atoms in total. The second kappa shape index (κ2) is 9.80. The van der Waals surface area contributed by atoms with Crippen LogP contribution < -0.4 is 0 Å². The first-order valence-electron chi connectivity index (χ1n) is 9.08. The van der Waals surface area contributed by atoms with Gasteiger partial charge in [-0.25, -0.2) is 9.59 Å². The van der Waals surface area contributed by atoms with Crippen LogP contribution in [-0.4, -0.2) is 74.3 Å². The summed E-state index contributed by atoms with van der Waals surface area (Å²) in [5.74, 6) is -4.86. The Bertz CT molecular complexity index is 609. The predicted molar refractivity (Wildman–Crippen MR) is 88.9 cm³/mol. The quantitative estimate of drug-likeness (QED) is 0.394. The Morgan fingerprint density at radius 2 is 1.39 bits per heavy atom. The van der Waals surface area contributed by atoms with Crippen molar-refractivity contribution in [1.82, 2.24) is 5.23 Å². The molecule has 158 valence electrons. The lowest BCUT2D eigenvalue weighted by Crippen LogP contribution is -2.44. The molecular weight excluding hydrogens is 378 g/mol. The highest BCUT2D eigenvalue weighted by molar-refractivity contribution is 5.86. The minimum atomic E-state index is -1.33. The van der Waals surface area contributed by atoms with Gasteiger partial charge in [-0.05, 0) is 20.8 Å². The van der Waals surface area contributed by atoms with Crippen molar-refractivity contribution in [2.24, 2.45) is 11.8 Å². The van der Waals surface area contributed by atoms with E-state index in [4.69, 9.17) is 23.9 Å². The third kappa shape index (κ3) is 4.42. The number of hydrogen-bond acceptors (Lipinski definition) is 11. The highest BCUT2D eigenvalue weighted by atomic mass is 17.0. The summed E-state index contributed by atoms with van der Waals surface area (Å²) < 4.78 is 19.7. The van der Waals surface area contributed by atoms with Crippen molar-refractivity contribution in [3.8, 4) is 0 Å². The molecule has 0 unspecified atom stereocenters. The number of carbonyl (C=O) groups is 4. The van der Waals surface area contributed by atoms with Crippen molar-refractivity contribution in [3.63, 3.8) is 0 Å². The van der Waals surface area contributed by atoms with E-state index in [1.807, 2.05) is 0 Å². The van der Waals surface area contributed by atoms with E-state index in [2.05, 4.69) is 4.74 Å². The molecule has 0 aliphatic carbocycles. The van der Waals surface area contributed by atoms with Crippen LogP contribution in [0.2, 0.25) is 0 Å². The second-order valence-corrected chi connectivity index (χ2v) is 6.05. The molecule has 11 heteroatoms. The SMILES string of the molecule is CCOC(=O)C[C@H]1[C@H]2[C@H](C(=O)OCC)[C@@H](C(=O)OC)ON2O[C@H]1C(=O)OCC. The molecule has 0 radical (unpaired) electrons. The number of carbonyl (C=O) groups excluding carboxylic acids is 4. The molecule has 2 saturated heterocycles. The lowest BCUT2D eigenvalue weighted by atomic mass is 9.82. The summed E-state index contributed by atoms with van der Waals surface area (Å²) in [7, 11) is 1.15. The van der Waals surface area contributed by atoms with Gasteiger partial charge in [0.25, 0.3) is 0 Å². The molecule has 0 spiro atoms. The average Bonchev–Trinajstić information content (AvgIpc) is 3.18. The fourth-order valence-electron chi connectivity index (χ4n) is 3.33. The van der Waals surface area contributed by atoms with Crippen LogP contribution in [0.1, 0.15) is 27.2 Å². The number of fused-ring (bicyclic) bond motifs is 1. The lowest BCUT2D eigenvalue weighted by Gasteiger charge is -2.23. The van der Waals surface area contributed by atoms with Crippen molar-refractivity contribution < 1.29 is 47.8 Å². The maximum atomic E-state index is 12.6. The standard InChI is InChI=1S/C17H25NO10/c1-5-24-10(19)8-9-12-11(15(20)25-6-2)14(16(21)23-4)28-18(12)27-13(9)17(22)26-7-3/h9,11-14H,5-8H2,1-4H3/t9-,11-,12-,13+,14-/m0/s1. The van der Waals surface area contributed by atoms with E-state index in [0.29, 0.717) is 0 Å². The normalized spacial score (nSPS) is 29.1. The van der Waals surface area contributed by atoms with Gasteiger partial charge in [0.2, 0.25) is 0 Å². The predicted octanol–water partition coefficient (Wildman–Crippen LogP) is -0.231. The van der Waals surface area contributed by atoms with Gasteiger partial charge >= 0.3 is 23.9 Å². The first-order chi connectivity index (χ1) is 13.4. The Kier molecular flexibility index (Phi) is 7.72. The minimum absolute atomic E-state index is 0.0701. The Labute approximate surface area is 162 Å². The van der Waals surface area contributed by atoms with Crippen LogP contribution in [0.15, 0.2) is 0 Å². The van der Waals surface area contributed by atoms with E-state index < -0.39 is 54.0 Å². The van der Waals surface area contributed by atoms with E-state index in [0.717, 1.165) is 12.3 Å². The van der Waals surface area contributed by atoms with Crippen molar-refractivity contribution >= 4 is 23.9 Å². The highest BCUT2D eigenvalue weighted by Crippen LogP contribution is 2.43. The molecule has 2 rings (SSSR count). The number of rotatable bonds is 8. The molecule has 2 aliphatic heterocycles. The van der Waals surface area contributed by atoms with E-state index in [1.165, 1.54) is 0 Å². The third-order valence-corrected chi connectivity index (χ3v) is 4.42. The van der Waals surface area contributed by atoms with Crippen molar-refractivity contribution in [2.45, 2.75) is 45.4 Å².